The van der Waals surface area contributed by atoms with Gasteiger partial charge in [-0.05, 0) is 50.7 Å². The summed E-state index contributed by atoms with van der Waals surface area (Å²) in [6.45, 7) is 2.83. The van der Waals surface area contributed by atoms with Crippen LogP contribution in [0.25, 0.3) is 0 Å². The van der Waals surface area contributed by atoms with Crippen LogP contribution in [-0.2, 0) is 13.1 Å². The maximum atomic E-state index is 6.30. The summed E-state index contributed by atoms with van der Waals surface area (Å²) in [6, 6.07) is 13.2. The molecule has 0 bridgehead atoms. The molecule has 1 saturated heterocycles. The SMILES string of the molecule is COc1cc(Cl)cc(CN2CCCC2c2ccc(CN(C)C)cc2)c1OC. The minimum absolute atomic E-state index is 0.424. The third-order valence-electron chi connectivity index (χ3n) is 5.12. The first-order valence-corrected chi connectivity index (χ1v) is 9.77. The van der Waals surface area contributed by atoms with Crippen LogP contribution < -0.4 is 9.47 Å². The van der Waals surface area contributed by atoms with E-state index >= 15 is 0 Å². The lowest BCUT2D eigenvalue weighted by molar-refractivity contribution is 0.243. The van der Waals surface area contributed by atoms with Crippen LogP contribution in [0.1, 0.15) is 35.6 Å². The van der Waals surface area contributed by atoms with Crippen LogP contribution in [0.5, 0.6) is 11.5 Å². The van der Waals surface area contributed by atoms with E-state index in [4.69, 9.17) is 21.1 Å². The Hall–Kier alpha value is -1.75. The van der Waals surface area contributed by atoms with Crippen molar-refractivity contribution in [1.29, 1.82) is 0 Å². The minimum Gasteiger partial charge on any atom is -0.493 e. The normalized spacial score (nSPS) is 17.5. The van der Waals surface area contributed by atoms with E-state index in [1.807, 2.05) is 6.07 Å². The maximum Gasteiger partial charge on any atom is 0.165 e. The Labute approximate surface area is 167 Å². The molecule has 1 heterocycles. The number of hydrogen-bond acceptors (Lipinski definition) is 4. The summed E-state index contributed by atoms with van der Waals surface area (Å²) in [7, 11) is 7.52. The Bertz CT molecular complexity index is 762. The number of rotatable bonds is 7. The van der Waals surface area contributed by atoms with Gasteiger partial charge in [0.25, 0.3) is 0 Å². The van der Waals surface area contributed by atoms with Gasteiger partial charge in [0.05, 0.1) is 14.2 Å². The van der Waals surface area contributed by atoms with E-state index in [9.17, 15) is 0 Å². The van der Waals surface area contributed by atoms with E-state index in [2.05, 4.69) is 48.2 Å². The molecule has 1 fully saturated rings. The number of ether oxygens (including phenoxy) is 2. The van der Waals surface area contributed by atoms with Gasteiger partial charge in [0.1, 0.15) is 0 Å². The smallest absolute Gasteiger partial charge is 0.165 e. The van der Waals surface area contributed by atoms with E-state index in [0.29, 0.717) is 16.8 Å². The fraction of sp³-hybridized carbons (Fsp3) is 0.455. The average molecular weight is 389 g/mol. The quantitative estimate of drug-likeness (QED) is 0.683. The molecule has 3 rings (SSSR count). The molecule has 1 aliphatic heterocycles. The molecular weight excluding hydrogens is 360 g/mol. The summed E-state index contributed by atoms with van der Waals surface area (Å²) in [4.78, 5) is 4.70. The lowest BCUT2D eigenvalue weighted by Crippen LogP contribution is -2.23. The van der Waals surface area contributed by atoms with Gasteiger partial charge in [0.15, 0.2) is 11.5 Å². The standard InChI is InChI=1S/C22H29ClN2O2/c1-24(2)14-16-7-9-17(10-8-16)20-6-5-11-25(20)15-18-12-19(23)13-21(26-3)22(18)27-4/h7-10,12-13,20H,5-6,11,14-15H2,1-4H3. The van der Waals surface area contributed by atoms with Gasteiger partial charge in [-0.3, -0.25) is 4.90 Å². The number of hydrogen-bond donors (Lipinski definition) is 0. The number of benzene rings is 2. The Morgan fingerprint density at radius 1 is 1.11 bits per heavy atom. The molecule has 0 spiro atoms. The van der Waals surface area contributed by atoms with Gasteiger partial charge in [-0.2, -0.15) is 0 Å². The second-order valence-electron chi connectivity index (χ2n) is 7.41. The molecule has 0 radical (unpaired) electrons. The molecule has 0 aromatic heterocycles. The first kappa shape index (κ1) is 20.0. The zero-order valence-corrected chi connectivity index (χ0v) is 17.4. The van der Waals surface area contributed by atoms with Crippen molar-refractivity contribution in [3.63, 3.8) is 0 Å². The molecule has 2 aromatic carbocycles. The van der Waals surface area contributed by atoms with E-state index in [0.717, 1.165) is 30.9 Å². The number of likely N-dealkylation sites (tertiary alicyclic amines) is 1. The summed E-state index contributed by atoms with van der Waals surface area (Å²) in [5.41, 5.74) is 3.79. The third kappa shape index (κ3) is 4.75. The summed E-state index contributed by atoms with van der Waals surface area (Å²) < 4.78 is 11.1. The number of halogens is 1. The molecule has 2 aromatic rings. The molecular formula is C22H29ClN2O2. The lowest BCUT2D eigenvalue weighted by atomic mass is 10.0. The van der Waals surface area contributed by atoms with Crippen molar-refractivity contribution in [2.75, 3.05) is 34.9 Å². The van der Waals surface area contributed by atoms with Gasteiger partial charge in [-0.25, -0.2) is 0 Å². The fourth-order valence-corrected chi connectivity index (χ4v) is 4.18. The fourth-order valence-electron chi connectivity index (χ4n) is 3.95. The molecule has 0 amide bonds. The summed E-state index contributed by atoms with van der Waals surface area (Å²) in [5.74, 6) is 1.46. The zero-order chi connectivity index (χ0) is 19.4. The van der Waals surface area contributed by atoms with Crippen LogP contribution in [0.3, 0.4) is 0 Å². The predicted octanol–water partition coefficient (Wildman–Crippen LogP) is 4.76. The molecule has 27 heavy (non-hydrogen) atoms. The van der Waals surface area contributed by atoms with E-state index in [1.165, 1.54) is 24.0 Å². The van der Waals surface area contributed by atoms with Crippen LogP contribution in [0.15, 0.2) is 36.4 Å². The highest BCUT2D eigenvalue weighted by molar-refractivity contribution is 6.30. The first-order valence-electron chi connectivity index (χ1n) is 9.40. The van der Waals surface area contributed by atoms with E-state index in [-0.39, 0.29) is 0 Å². The topological polar surface area (TPSA) is 24.9 Å². The molecule has 0 N–H and O–H groups in total. The maximum absolute atomic E-state index is 6.30. The van der Waals surface area contributed by atoms with Crippen LogP contribution in [0.4, 0.5) is 0 Å². The second kappa shape index (κ2) is 8.96. The summed E-state index contributed by atoms with van der Waals surface area (Å²) >= 11 is 6.30. The Morgan fingerprint density at radius 2 is 1.85 bits per heavy atom. The third-order valence-corrected chi connectivity index (χ3v) is 5.34. The monoisotopic (exact) mass is 388 g/mol. The number of methoxy groups -OCH3 is 2. The van der Waals surface area contributed by atoms with Crippen molar-refractivity contribution in [3.05, 3.63) is 58.1 Å². The molecule has 0 saturated carbocycles. The van der Waals surface area contributed by atoms with Gasteiger partial charge in [0.2, 0.25) is 0 Å². The first-order chi connectivity index (χ1) is 13.0. The Kier molecular flexibility index (Phi) is 6.64. The molecule has 4 nitrogen and oxygen atoms in total. The van der Waals surface area contributed by atoms with Gasteiger partial charge in [-0.15, -0.1) is 0 Å². The van der Waals surface area contributed by atoms with Crippen molar-refractivity contribution in [1.82, 2.24) is 9.80 Å². The number of nitrogens with zero attached hydrogens (tertiary/aromatic N) is 2. The lowest BCUT2D eigenvalue weighted by Gasteiger charge is -2.26. The molecule has 1 unspecified atom stereocenters. The van der Waals surface area contributed by atoms with Crippen LogP contribution in [-0.4, -0.2) is 44.7 Å². The van der Waals surface area contributed by atoms with E-state index < -0.39 is 0 Å². The van der Waals surface area contributed by atoms with Crippen molar-refractivity contribution < 1.29 is 9.47 Å². The average Bonchev–Trinajstić information content (AvgIpc) is 3.09. The van der Waals surface area contributed by atoms with Crippen LogP contribution >= 0.6 is 11.6 Å². The summed E-state index contributed by atoms with van der Waals surface area (Å²) in [6.07, 6.45) is 2.37. The zero-order valence-electron chi connectivity index (χ0n) is 16.7. The van der Waals surface area contributed by atoms with Crippen LogP contribution in [0, 0.1) is 0 Å². The summed E-state index contributed by atoms with van der Waals surface area (Å²) in [5, 5.41) is 0.673. The molecule has 0 aliphatic carbocycles. The highest BCUT2D eigenvalue weighted by Gasteiger charge is 2.27. The second-order valence-corrected chi connectivity index (χ2v) is 7.84. The largest absolute Gasteiger partial charge is 0.493 e. The highest BCUT2D eigenvalue weighted by Crippen LogP contribution is 2.39. The Morgan fingerprint density at radius 3 is 2.48 bits per heavy atom. The molecule has 146 valence electrons. The van der Waals surface area contributed by atoms with E-state index in [1.54, 1.807) is 20.3 Å². The van der Waals surface area contributed by atoms with Gasteiger partial charge < -0.3 is 14.4 Å². The van der Waals surface area contributed by atoms with Crippen molar-refractivity contribution in [2.24, 2.45) is 0 Å². The van der Waals surface area contributed by atoms with Crippen molar-refractivity contribution >= 4 is 11.6 Å². The van der Waals surface area contributed by atoms with Crippen LogP contribution in [0.2, 0.25) is 5.02 Å². The predicted molar refractivity (Wildman–Crippen MR) is 111 cm³/mol. The van der Waals surface area contributed by atoms with Gasteiger partial charge in [0, 0.05) is 35.8 Å². The Balaban J connectivity index is 1.80. The highest BCUT2D eigenvalue weighted by atomic mass is 35.5. The van der Waals surface area contributed by atoms with Crippen molar-refractivity contribution in [3.8, 4) is 11.5 Å². The van der Waals surface area contributed by atoms with Gasteiger partial charge in [-0.1, -0.05) is 35.9 Å². The molecule has 1 aliphatic rings. The van der Waals surface area contributed by atoms with Gasteiger partial charge >= 0.3 is 0 Å². The van der Waals surface area contributed by atoms with Crippen molar-refractivity contribution in [2.45, 2.75) is 32.0 Å². The minimum atomic E-state index is 0.424. The molecule has 5 heteroatoms. The molecule has 1 atom stereocenters.